The van der Waals surface area contributed by atoms with Gasteiger partial charge in [0.1, 0.15) is 0 Å². The molecule has 0 radical (unpaired) electrons. The molecule has 0 aromatic heterocycles. The van der Waals surface area contributed by atoms with Crippen molar-refractivity contribution >= 4 is 0 Å². The Morgan fingerprint density at radius 3 is 2.64 bits per heavy atom. The number of halogens is 2. The van der Waals surface area contributed by atoms with Gasteiger partial charge in [-0.2, -0.15) is 0 Å². The van der Waals surface area contributed by atoms with E-state index in [9.17, 15) is 8.78 Å². The average Bonchev–Trinajstić information content (AvgIpc) is 2.03. The summed E-state index contributed by atoms with van der Waals surface area (Å²) in [4.78, 5) is 1.56. The molecule has 0 unspecified atom stereocenters. The maximum Gasteiger partial charge on any atom is 0.272 e. The van der Waals surface area contributed by atoms with E-state index in [1.54, 1.807) is 18.0 Å². The van der Waals surface area contributed by atoms with Gasteiger partial charge in [-0.3, -0.25) is 4.90 Å². The molecule has 0 fully saturated rings. The van der Waals surface area contributed by atoms with Crippen LogP contribution < -0.4 is 5.32 Å². The van der Waals surface area contributed by atoms with Crippen LogP contribution in [-0.2, 0) is 0 Å². The Balaban J connectivity index is 3.74. The summed E-state index contributed by atoms with van der Waals surface area (Å²) in [5, 5.41) is 2.72. The van der Waals surface area contributed by atoms with Crippen molar-refractivity contribution in [2.45, 2.75) is 19.3 Å². The zero-order valence-electron chi connectivity index (χ0n) is 9.02. The molecule has 0 heterocycles. The van der Waals surface area contributed by atoms with Gasteiger partial charge in [-0.1, -0.05) is 13.0 Å². The van der Waals surface area contributed by atoms with Crippen LogP contribution in [0.3, 0.4) is 0 Å². The summed E-state index contributed by atoms with van der Waals surface area (Å²) in [6, 6.07) is 0. The summed E-state index contributed by atoms with van der Waals surface area (Å²) in [5.74, 6) is -2.66. The van der Waals surface area contributed by atoms with Gasteiger partial charge in [-0.25, -0.2) is 8.78 Å². The summed E-state index contributed by atoms with van der Waals surface area (Å²) in [7, 11) is 1.66. The maximum absolute atomic E-state index is 13.2. The predicted molar refractivity (Wildman–Crippen MR) is 55.8 cm³/mol. The van der Waals surface area contributed by atoms with E-state index in [1.807, 2.05) is 6.92 Å². The van der Waals surface area contributed by atoms with Crippen LogP contribution in [0.25, 0.3) is 0 Å². The minimum atomic E-state index is -2.66. The van der Waals surface area contributed by atoms with Crippen LogP contribution in [0.1, 0.15) is 13.3 Å². The third kappa shape index (κ3) is 6.97. The standard InChI is InChI=1S/C10H20F2N2/c1-4-6-13-8-10(11,12)9-14(3)7-5-2/h5,13H,2,4,6-9H2,1,3H3. The third-order valence-electron chi connectivity index (χ3n) is 1.75. The highest BCUT2D eigenvalue weighted by atomic mass is 19.3. The second kappa shape index (κ2) is 6.90. The van der Waals surface area contributed by atoms with Crippen molar-refractivity contribution in [2.75, 3.05) is 33.2 Å². The van der Waals surface area contributed by atoms with E-state index in [-0.39, 0.29) is 13.1 Å². The fraction of sp³-hybridized carbons (Fsp3) is 0.800. The van der Waals surface area contributed by atoms with Gasteiger partial charge >= 0.3 is 0 Å². The predicted octanol–water partition coefficient (Wildman–Crippen LogP) is 1.74. The number of hydrogen-bond donors (Lipinski definition) is 1. The van der Waals surface area contributed by atoms with E-state index in [0.29, 0.717) is 13.1 Å². The molecule has 0 saturated heterocycles. The Kier molecular flexibility index (Phi) is 6.66. The lowest BCUT2D eigenvalue weighted by Crippen LogP contribution is -2.42. The summed E-state index contributed by atoms with van der Waals surface area (Å²) < 4.78 is 26.4. The second-order valence-corrected chi connectivity index (χ2v) is 3.52. The lowest BCUT2D eigenvalue weighted by Gasteiger charge is -2.22. The monoisotopic (exact) mass is 206 g/mol. The van der Waals surface area contributed by atoms with E-state index in [0.717, 1.165) is 6.42 Å². The fourth-order valence-electron chi connectivity index (χ4n) is 1.18. The molecule has 0 amide bonds. The van der Waals surface area contributed by atoms with Gasteiger partial charge in [-0.15, -0.1) is 6.58 Å². The molecule has 14 heavy (non-hydrogen) atoms. The summed E-state index contributed by atoms with van der Waals surface area (Å²) in [6.45, 7) is 6.11. The number of likely N-dealkylation sites (N-methyl/N-ethyl adjacent to an activating group) is 1. The Labute approximate surface area is 85.0 Å². The lowest BCUT2D eigenvalue weighted by molar-refractivity contribution is -0.0224. The van der Waals surface area contributed by atoms with Gasteiger partial charge in [0.2, 0.25) is 0 Å². The largest absolute Gasteiger partial charge is 0.311 e. The summed E-state index contributed by atoms with van der Waals surface area (Å²) in [6.07, 6.45) is 2.49. The first-order chi connectivity index (χ1) is 6.52. The third-order valence-corrected chi connectivity index (χ3v) is 1.75. The summed E-state index contributed by atoms with van der Waals surface area (Å²) >= 11 is 0. The minimum absolute atomic E-state index is 0.226. The zero-order chi connectivity index (χ0) is 11.0. The molecule has 1 N–H and O–H groups in total. The first-order valence-corrected chi connectivity index (χ1v) is 4.90. The highest BCUT2D eigenvalue weighted by Gasteiger charge is 2.29. The molecule has 0 bridgehead atoms. The molecule has 0 aliphatic heterocycles. The minimum Gasteiger partial charge on any atom is -0.311 e. The van der Waals surface area contributed by atoms with Crippen LogP contribution in [0.2, 0.25) is 0 Å². The molecule has 0 atom stereocenters. The van der Waals surface area contributed by atoms with Crippen LogP contribution in [-0.4, -0.2) is 44.0 Å². The van der Waals surface area contributed by atoms with Gasteiger partial charge in [0, 0.05) is 6.54 Å². The van der Waals surface area contributed by atoms with Crippen molar-refractivity contribution in [3.63, 3.8) is 0 Å². The molecule has 0 aliphatic carbocycles. The van der Waals surface area contributed by atoms with Gasteiger partial charge in [0.15, 0.2) is 0 Å². The highest BCUT2D eigenvalue weighted by Crippen LogP contribution is 2.13. The molecule has 0 aromatic rings. The number of hydrogen-bond acceptors (Lipinski definition) is 2. The quantitative estimate of drug-likeness (QED) is 0.480. The second-order valence-electron chi connectivity index (χ2n) is 3.52. The molecule has 2 nitrogen and oxygen atoms in total. The van der Waals surface area contributed by atoms with Gasteiger partial charge < -0.3 is 5.32 Å². The van der Waals surface area contributed by atoms with Crippen molar-refractivity contribution in [2.24, 2.45) is 0 Å². The van der Waals surface area contributed by atoms with Crippen molar-refractivity contribution in [1.82, 2.24) is 10.2 Å². The van der Waals surface area contributed by atoms with Crippen LogP contribution in [0.4, 0.5) is 8.78 Å². The number of nitrogens with zero attached hydrogens (tertiary/aromatic N) is 1. The van der Waals surface area contributed by atoms with Crippen molar-refractivity contribution < 1.29 is 8.78 Å². The van der Waals surface area contributed by atoms with Crippen molar-refractivity contribution in [1.29, 1.82) is 0 Å². The Morgan fingerprint density at radius 2 is 2.14 bits per heavy atom. The molecule has 0 spiro atoms. The average molecular weight is 206 g/mol. The Bertz CT molecular complexity index is 160. The Morgan fingerprint density at radius 1 is 1.50 bits per heavy atom. The zero-order valence-corrected chi connectivity index (χ0v) is 9.02. The van der Waals surface area contributed by atoms with Crippen LogP contribution in [0.15, 0.2) is 12.7 Å². The van der Waals surface area contributed by atoms with Gasteiger partial charge in [-0.05, 0) is 20.0 Å². The number of nitrogens with one attached hydrogen (secondary N) is 1. The van der Waals surface area contributed by atoms with Crippen molar-refractivity contribution in [3.8, 4) is 0 Å². The van der Waals surface area contributed by atoms with Crippen molar-refractivity contribution in [3.05, 3.63) is 12.7 Å². The van der Waals surface area contributed by atoms with E-state index < -0.39 is 5.92 Å². The Hall–Kier alpha value is -0.480. The number of rotatable bonds is 8. The molecule has 0 saturated carbocycles. The molecule has 0 aliphatic rings. The first kappa shape index (κ1) is 13.5. The van der Waals surface area contributed by atoms with E-state index in [1.165, 1.54) is 0 Å². The fourth-order valence-corrected chi connectivity index (χ4v) is 1.18. The highest BCUT2D eigenvalue weighted by molar-refractivity contribution is 4.78. The number of alkyl halides is 2. The summed E-state index contributed by atoms with van der Waals surface area (Å²) in [5.41, 5.74) is 0. The first-order valence-electron chi connectivity index (χ1n) is 4.90. The topological polar surface area (TPSA) is 15.3 Å². The molecular weight excluding hydrogens is 186 g/mol. The normalized spacial score (nSPS) is 12.1. The van der Waals surface area contributed by atoms with Gasteiger partial charge in [0.25, 0.3) is 5.92 Å². The van der Waals surface area contributed by atoms with E-state index in [2.05, 4.69) is 11.9 Å². The van der Waals surface area contributed by atoms with E-state index in [4.69, 9.17) is 0 Å². The molecule has 0 aromatic carbocycles. The smallest absolute Gasteiger partial charge is 0.272 e. The van der Waals surface area contributed by atoms with Gasteiger partial charge in [0.05, 0.1) is 13.1 Å². The van der Waals surface area contributed by atoms with Crippen LogP contribution in [0.5, 0.6) is 0 Å². The molecular formula is C10H20F2N2. The van der Waals surface area contributed by atoms with E-state index >= 15 is 0 Å². The maximum atomic E-state index is 13.2. The SMILES string of the molecule is C=CCN(C)CC(F)(F)CNCCC. The van der Waals surface area contributed by atoms with Crippen LogP contribution in [0, 0.1) is 0 Å². The lowest BCUT2D eigenvalue weighted by atomic mass is 10.3. The molecule has 4 heteroatoms. The molecule has 84 valence electrons. The molecule has 0 rings (SSSR count). The van der Waals surface area contributed by atoms with Crippen LogP contribution >= 0.6 is 0 Å².